The number of pyridine rings is 1. The number of fused-ring (bicyclic) bond motifs is 1. The van der Waals surface area contributed by atoms with Crippen molar-refractivity contribution >= 4 is 22.8 Å². The Hall–Kier alpha value is -3.33. The van der Waals surface area contributed by atoms with Crippen LogP contribution >= 0.6 is 0 Å². The van der Waals surface area contributed by atoms with Crippen LogP contribution in [0.2, 0.25) is 0 Å². The fourth-order valence-electron chi connectivity index (χ4n) is 4.97. The van der Waals surface area contributed by atoms with Crippen molar-refractivity contribution < 1.29 is 24.2 Å². The van der Waals surface area contributed by atoms with Gasteiger partial charge in [0.05, 0.1) is 29.9 Å². The van der Waals surface area contributed by atoms with Gasteiger partial charge in [-0.3, -0.25) is 9.69 Å². The number of aromatic nitrogens is 1. The van der Waals surface area contributed by atoms with Crippen LogP contribution in [-0.4, -0.2) is 77.4 Å². The van der Waals surface area contributed by atoms with Crippen molar-refractivity contribution in [3.05, 3.63) is 65.7 Å². The highest BCUT2D eigenvalue weighted by atomic mass is 16.7. The molecule has 8 heteroatoms. The summed E-state index contributed by atoms with van der Waals surface area (Å²) in [6.45, 7) is 3.47. The molecule has 3 aromatic rings. The molecule has 5 rings (SSSR count). The molecule has 1 unspecified atom stereocenters. The molecule has 1 N–H and O–H groups in total. The summed E-state index contributed by atoms with van der Waals surface area (Å²) in [5, 5.41) is 10.8. The van der Waals surface area contributed by atoms with Crippen LogP contribution in [0.3, 0.4) is 0 Å². The van der Waals surface area contributed by atoms with Crippen molar-refractivity contribution in [2.75, 3.05) is 39.4 Å². The summed E-state index contributed by atoms with van der Waals surface area (Å²) < 4.78 is 11.4. The van der Waals surface area contributed by atoms with Gasteiger partial charge in [-0.2, -0.15) is 0 Å². The Bertz CT molecular complexity index is 1230. The molecule has 188 valence electrons. The molecule has 2 aliphatic heterocycles. The van der Waals surface area contributed by atoms with Crippen LogP contribution in [0.15, 0.2) is 54.6 Å². The summed E-state index contributed by atoms with van der Waals surface area (Å²) in [6, 6.07) is 16.9. The Balaban J connectivity index is 1.34. The van der Waals surface area contributed by atoms with Crippen molar-refractivity contribution in [1.29, 1.82) is 0 Å². The number of aromatic carboxylic acids is 1. The average molecular weight is 490 g/mol. The van der Waals surface area contributed by atoms with Gasteiger partial charge < -0.3 is 19.5 Å². The van der Waals surface area contributed by atoms with Crippen LogP contribution in [-0.2, 0) is 20.8 Å². The smallest absolute Gasteiger partial charge is 0.336 e. The Kier molecular flexibility index (Phi) is 7.55. The van der Waals surface area contributed by atoms with E-state index in [1.807, 2.05) is 58.3 Å². The molecule has 1 amide bonds. The highest BCUT2D eigenvalue weighted by Crippen LogP contribution is 2.31. The van der Waals surface area contributed by atoms with E-state index in [0.29, 0.717) is 54.9 Å². The van der Waals surface area contributed by atoms with E-state index in [0.717, 1.165) is 31.4 Å². The molecule has 2 aromatic carbocycles. The molecule has 1 aromatic heterocycles. The first-order valence-corrected chi connectivity index (χ1v) is 12.5. The zero-order valence-corrected chi connectivity index (χ0v) is 20.3. The number of piperazine rings is 1. The van der Waals surface area contributed by atoms with Gasteiger partial charge in [0, 0.05) is 49.3 Å². The zero-order chi connectivity index (χ0) is 24.9. The Labute approximate surface area is 210 Å². The molecule has 0 aliphatic carbocycles. The van der Waals surface area contributed by atoms with E-state index in [-0.39, 0.29) is 24.3 Å². The normalized spacial score (nSPS) is 19.1. The monoisotopic (exact) mass is 489 g/mol. The largest absolute Gasteiger partial charge is 0.478 e. The highest BCUT2D eigenvalue weighted by molar-refractivity contribution is 6.05. The molecule has 0 bridgehead atoms. The summed E-state index contributed by atoms with van der Waals surface area (Å²) in [4.78, 5) is 34.1. The Morgan fingerprint density at radius 3 is 2.64 bits per heavy atom. The number of carboxylic acids is 1. The first-order valence-electron chi connectivity index (χ1n) is 12.5. The maximum Gasteiger partial charge on any atom is 0.336 e. The zero-order valence-electron chi connectivity index (χ0n) is 20.3. The number of carbonyl (C=O) groups excluding carboxylic acids is 1. The molecular weight excluding hydrogens is 458 g/mol. The van der Waals surface area contributed by atoms with Crippen molar-refractivity contribution in [2.45, 2.75) is 32.1 Å². The Morgan fingerprint density at radius 1 is 1.08 bits per heavy atom. The van der Waals surface area contributed by atoms with Gasteiger partial charge in [0.1, 0.15) is 0 Å². The van der Waals surface area contributed by atoms with E-state index >= 15 is 0 Å². The second kappa shape index (κ2) is 11.2. The van der Waals surface area contributed by atoms with Crippen molar-refractivity contribution in [2.24, 2.45) is 0 Å². The number of hydrogen-bond acceptors (Lipinski definition) is 6. The SMILES string of the molecule is O=C(O)c1c(CN2CCN(CCOC3CCCCO3)C(=O)C2)c(-c2ccccc2)nc2ccccc12. The molecule has 0 saturated carbocycles. The van der Waals surface area contributed by atoms with Gasteiger partial charge in [0.25, 0.3) is 0 Å². The summed E-state index contributed by atoms with van der Waals surface area (Å²) in [5.74, 6) is -0.978. The minimum absolute atomic E-state index is 0.0151. The summed E-state index contributed by atoms with van der Waals surface area (Å²) in [7, 11) is 0. The minimum Gasteiger partial charge on any atom is -0.478 e. The number of benzene rings is 2. The quantitative estimate of drug-likeness (QED) is 0.515. The van der Waals surface area contributed by atoms with Crippen molar-refractivity contribution in [1.82, 2.24) is 14.8 Å². The number of rotatable bonds is 8. The van der Waals surface area contributed by atoms with E-state index in [4.69, 9.17) is 14.5 Å². The maximum atomic E-state index is 12.9. The Morgan fingerprint density at radius 2 is 1.89 bits per heavy atom. The molecule has 2 aliphatic rings. The molecule has 36 heavy (non-hydrogen) atoms. The van der Waals surface area contributed by atoms with E-state index in [9.17, 15) is 14.7 Å². The molecule has 0 radical (unpaired) electrons. The van der Waals surface area contributed by atoms with Gasteiger partial charge in [-0.1, -0.05) is 48.5 Å². The van der Waals surface area contributed by atoms with E-state index in [1.165, 1.54) is 0 Å². The van der Waals surface area contributed by atoms with Gasteiger partial charge in [-0.25, -0.2) is 9.78 Å². The number of carbonyl (C=O) groups is 2. The molecular formula is C28H31N3O5. The van der Waals surface area contributed by atoms with Gasteiger partial charge in [0.2, 0.25) is 5.91 Å². The number of hydrogen-bond donors (Lipinski definition) is 1. The van der Waals surface area contributed by atoms with Crippen LogP contribution in [0.4, 0.5) is 0 Å². The lowest BCUT2D eigenvalue weighted by Gasteiger charge is -2.35. The number of carboxylic acid groups (broad SMARTS) is 1. The van der Waals surface area contributed by atoms with E-state index in [1.54, 1.807) is 6.07 Å². The van der Waals surface area contributed by atoms with Gasteiger partial charge >= 0.3 is 5.97 Å². The van der Waals surface area contributed by atoms with Crippen LogP contribution < -0.4 is 0 Å². The van der Waals surface area contributed by atoms with E-state index in [2.05, 4.69) is 0 Å². The first kappa shape index (κ1) is 24.4. The van der Waals surface area contributed by atoms with Gasteiger partial charge in [0.15, 0.2) is 6.29 Å². The first-order chi connectivity index (χ1) is 17.6. The fraction of sp³-hybridized carbons (Fsp3) is 0.393. The fourth-order valence-corrected chi connectivity index (χ4v) is 4.97. The van der Waals surface area contributed by atoms with Crippen molar-refractivity contribution in [3.8, 4) is 11.3 Å². The summed E-state index contributed by atoms with van der Waals surface area (Å²) in [5.41, 5.74) is 3.01. The second-order valence-electron chi connectivity index (χ2n) is 9.26. The molecule has 8 nitrogen and oxygen atoms in total. The topological polar surface area (TPSA) is 92.2 Å². The maximum absolute atomic E-state index is 12.9. The lowest BCUT2D eigenvalue weighted by molar-refractivity contribution is -0.167. The second-order valence-corrected chi connectivity index (χ2v) is 9.26. The standard InChI is InChI=1S/C28H31N3O5/c32-24-19-30(13-14-31(24)15-17-36-25-12-6-7-16-35-25)18-22-26(28(33)34)21-10-4-5-11-23(21)29-27(22)20-8-2-1-3-9-20/h1-5,8-11,25H,6-7,12-19H2,(H,33,34). The highest BCUT2D eigenvalue weighted by Gasteiger charge is 2.28. The summed E-state index contributed by atoms with van der Waals surface area (Å²) in [6.07, 6.45) is 2.91. The average Bonchev–Trinajstić information content (AvgIpc) is 2.90. The van der Waals surface area contributed by atoms with Gasteiger partial charge in [-0.05, 0) is 25.3 Å². The number of amides is 1. The third kappa shape index (κ3) is 5.41. The molecule has 0 spiro atoms. The minimum atomic E-state index is -0.993. The third-order valence-corrected chi connectivity index (χ3v) is 6.84. The number of para-hydroxylation sites is 1. The predicted molar refractivity (Wildman–Crippen MR) is 136 cm³/mol. The van der Waals surface area contributed by atoms with Crippen LogP contribution in [0.25, 0.3) is 22.2 Å². The molecule has 1 atom stereocenters. The predicted octanol–water partition coefficient (Wildman–Crippen LogP) is 3.79. The number of ether oxygens (including phenoxy) is 2. The van der Waals surface area contributed by atoms with Gasteiger partial charge in [-0.15, -0.1) is 0 Å². The molecule has 2 saturated heterocycles. The summed E-state index contributed by atoms with van der Waals surface area (Å²) >= 11 is 0. The van der Waals surface area contributed by atoms with Crippen LogP contribution in [0.1, 0.15) is 35.2 Å². The lowest BCUT2D eigenvalue weighted by atomic mass is 9.96. The van der Waals surface area contributed by atoms with Crippen molar-refractivity contribution in [3.63, 3.8) is 0 Å². The van der Waals surface area contributed by atoms with Crippen LogP contribution in [0.5, 0.6) is 0 Å². The van der Waals surface area contributed by atoms with E-state index < -0.39 is 5.97 Å². The lowest BCUT2D eigenvalue weighted by Crippen LogP contribution is -2.51. The molecule has 2 fully saturated rings. The number of nitrogens with zero attached hydrogens (tertiary/aromatic N) is 3. The third-order valence-electron chi connectivity index (χ3n) is 6.84. The van der Waals surface area contributed by atoms with Crippen LogP contribution in [0, 0.1) is 0 Å². The molecule has 3 heterocycles.